The van der Waals surface area contributed by atoms with E-state index in [0.717, 1.165) is 4.90 Å². The number of alkyl halides is 2. The molecule has 0 unspecified atom stereocenters. The van der Waals surface area contributed by atoms with Crippen LogP contribution >= 0.6 is 0 Å². The van der Waals surface area contributed by atoms with Gasteiger partial charge < -0.3 is 14.9 Å². The summed E-state index contributed by atoms with van der Waals surface area (Å²) in [5.74, 6) is -0.718. The second-order valence-corrected chi connectivity index (χ2v) is 4.68. The van der Waals surface area contributed by atoms with Crippen LogP contribution in [-0.4, -0.2) is 65.9 Å². The predicted molar refractivity (Wildman–Crippen MR) is 64.6 cm³/mol. The van der Waals surface area contributed by atoms with Gasteiger partial charge in [-0.2, -0.15) is 0 Å². The summed E-state index contributed by atoms with van der Waals surface area (Å²) in [6.07, 6.45) is -1.62. The topological polar surface area (TPSA) is 60.9 Å². The van der Waals surface area contributed by atoms with Crippen molar-refractivity contribution in [3.05, 3.63) is 0 Å². The van der Waals surface area contributed by atoms with Crippen LogP contribution in [0.15, 0.2) is 0 Å². The molecule has 0 aliphatic carbocycles. The van der Waals surface area contributed by atoms with Gasteiger partial charge in [-0.3, -0.25) is 9.59 Å². The Bertz CT molecular complexity index is 318. The number of aliphatic hydroxyl groups excluding tert-OH is 1. The minimum absolute atomic E-state index is 0.0364. The molecule has 1 saturated heterocycles. The number of hydrogen-bond acceptors (Lipinski definition) is 3. The number of rotatable bonds is 5. The van der Waals surface area contributed by atoms with Crippen LogP contribution in [0.3, 0.4) is 0 Å². The van der Waals surface area contributed by atoms with Crippen LogP contribution in [0.25, 0.3) is 0 Å². The number of amides is 2. The van der Waals surface area contributed by atoms with Gasteiger partial charge in [0.05, 0.1) is 13.2 Å². The number of likely N-dealkylation sites (tertiary alicyclic amines) is 1. The third-order valence-corrected chi connectivity index (χ3v) is 3.33. The van der Waals surface area contributed by atoms with Crippen LogP contribution in [0.4, 0.5) is 8.78 Å². The van der Waals surface area contributed by atoms with Gasteiger partial charge in [0.15, 0.2) is 0 Å². The minimum Gasteiger partial charge on any atom is -0.395 e. The second kappa shape index (κ2) is 7.37. The second-order valence-electron chi connectivity index (χ2n) is 4.68. The molecule has 5 nitrogen and oxygen atoms in total. The van der Waals surface area contributed by atoms with Crippen LogP contribution in [0, 0.1) is 5.92 Å². The van der Waals surface area contributed by atoms with Crippen LogP contribution in [0.5, 0.6) is 0 Å². The molecule has 1 rings (SSSR count). The summed E-state index contributed by atoms with van der Waals surface area (Å²) in [7, 11) is 0. The molecule has 1 fully saturated rings. The Morgan fingerprint density at radius 3 is 2.37 bits per heavy atom. The van der Waals surface area contributed by atoms with Crippen molar-refractivity contribution in [2.24, 2.45) is 5.92 Å². The third-order valence-electron chi connectivity index (χ3n) is 3.33. The Kier molecular flexibility index (Phi) is 6.14. The summed E-state index contributed by atoms with van der Waals surface area (Å²) in [5.41, 5.74) is 0. The van der Waals surface area contributed by atoms with Gasteiger partial charge in [-0.1, -0.05) is 0 Å². The average Bonchev–Trinajstić information content (AvgIpc) is 2.37. The molecule has 0 spiro atoms. The zero-order valence-corrected chi connectivity index (χ0v) is 11.0. The Balaban J connectivity index is 2.53. The van der Waals surface area contributed by atoms with Gasteiger partial charge in [0.25, 0.3) is 6.43 Å². The van der Waals surface area contributed by atoms with Gasteiger partial charge >= 0.3 is 0 Å². The monoisotopic (exact) mass is 278 g/mol. The first kappa shape index (κ1) is 15.8. The molecule has 19 heavy (non-hydrogen) atoms. The first-order chi connectivity index (χ1) is 8.95. The largest absolute Gasteiger partial charge is 0.395 e. The lowest BCUT2D eigenvalue weighted by atomic mass is 9.95. The van der Waals surface area contributed by atoms with E-state index >= 15 is 0 Å². The molecule has 0 bridgehead atoms. The maximum absolute atomic E-state index is 12.4. The Labute approximate surface area is 111 Å². The van der Waals surface area contributed by atoms with E-state index < -0.39 is 13.0 Å². The standard InChI is InChI=1S/C12H20F2N2O3/c1-9(18)15-4-2-10(3-5-15)12(19)16(6-7-17)8-11(13)14/h10-11,17H,2-8H2,1H3. The van der Waals surface area contributed by atoms with E-state index in [0.29, 0.717) is 25.9 Å². The molecular formula is C12H20F2N2O3. The molecule has 0 atom stereocenters. The van der Waals surface area contributed by atoms with Crippen molar-refractivity contribution in [3.8, 4) is 0 Å². The molecule has 1 heterocycles. The fraction of sp³-hybridized carbons (Fsp3) is 0.833. The number of hydrogen-bond donors (Lipinski definition) is 1. The maximum atomic E-state index is 12.4. The number of halogens is 2. The van der Waals surface area contributed by atoms with E-state index in [4.69, 9.17) is 5.11 Å². The first-order valence-corrected chi connectivity index (χ1v) is 6.39. The van der Waals surface area contributed by atoms with E-state index in [2.05, 4.69) is 0 Å². The molecular weight excluding hydrogens is 258 g/mol. The molecule has 1 N–H and O–H groups in total. The Morgan fingerprint density at radius 1 is 1.37 bits per heavy atom. The molecule has 0 radical (unpaired) electrons. The zero-order chi connectivity index (χ0) is 14.4. The lowest BCUT2D eigenvalue weighted by molar-refractivity contribution is -0.142. The normalized spacial score (nSPS) is 16.8. The van der Waals surface area contributed by atoms with Crippen molar-refractivity contribution >= 4 is 11.8 Å². The lowest BCUT2D eigenvalue weighted by Crippen LogP contribution is -2.45. The predicted octanol–water partition coefficient (Wildman–Crippen LogP) is 0.331. The molecule has 0 aromatic heterocycles. The van der Waals surface area contributed by atoms with Crippen LogP contribution in [0.2, 0.25) is 0 Å². The molecule has 0 saturated carbocycles. The highest BCUT2D eigenvalue weighted by atomic mass is 19.3. The quantitative estimate of drug-likeness (QED) is 0.788. The molecule has 0 aromatic rings. The summed E-state index contributed by atoms with van der Waals surface area (Å²) in [5, 5.41) is 8.82. The minimum atomic E-state index is -2.60. The summed E-state index contributed by atoms with van der Waals surface area (Å²) < 4.78 is 24.8. The van der Waals surface area contributed by atoms with Crippen LogP contribution < -0.4 is 0 Å². The van der Waals surface area contributed by atoms with Crippen molar-refractivity contribution in [1.29, 1.82) is 0 Å². The van der Waals surface area contributed by atoms with Gasteiger partial charge in [-0.05, 0) is 12.8 Å². The Hall–Kier alpha value is -1.24. The van der Waals surface area contributed by atoms with E-state index in [1.165, 1.54) is 6.92 Å². The molecule has 1 aliphatic heterocycles. The van der Waals surface area contributed by atoms with Gasteiger partial charge in [0, 0.05) is 32.5 Å². The van der Waals surface area contributed by atoms with Crippen molar-refractivity contribution in [1.82, 2.24) is 9.80 Å². The number of carbonyl (C=O) groups is 2. The van der Waals surface area contributed by atoms with Gasteiger partial charge in [0.2, 0.25) is 11.8 Å². The Morgan fingerprint density at radius 2 is 1.95 bits per heavy atom. The van der Waals surface area contributed by atoms with Crippen molar-refractivity contribution < 1.29 is 23.5 Å². The van der Waals surface area contributed by atoms with E-state index in [1.54, 1.807) is 4.90 Å². The molecule has 0 aromatic carbocycles. The van der Waals surface area contributed by atoms with Gasteiger partial charge in [-0.15, -0.1) is 0 Å². The molecule has 1 aliphatic rings. The molecule has 110 valence electrons. The molecule has 2 amide bonds. The van der Waals surface area contributed by atoms with Crippen molar-refractivity contribution in [2.45, 2.75) is 26.2 Å². The van der Waals surface area contributed by atoms with Crippen molar-refractivity contribution in [2.75, 3.05) is 32.8 Å². The maximum Gasteiger partial charge on any atom is 0.255 e. The smallest absolute Gasteiger partial charge is 0.255 e. The number of aliphatic hydroxyl groups is 1. The first-order valence-electron chi connectivity index (χ1n) is 6.39. The van der Waals surface area contributed by atoms with E-state index in [9.17, 15) is 18.4 Å². The summed E-state index contributed by atoms with van der Waals surface area (Å²) in [6, 6.07) is 0. The van der Waals surface area contributed by atoms with E-state index in [-0.39, 0.29) is 30.9 Å². The number of piperidine rings is 1. The summed E-state index contributed by atoms with van der Waals surface area (Å²) >= 11 is 0. The van der Waals surface area contributed by atoms with Crippen LogP contribution in [-0.2, 0) is 9.59 Å². The van der Waals surface area contributed by atoms with Crippen LogP contribution in [0.1, 0.15) is 19.8 Å². The SMILES string of the molecule is CC(=O)N1CCC(C(=O)N(CCO)CC(F)F)CC1. The van der Waals surface area contributed by atoms with Gasteiger partial charge in [0.1, 0.15) is 0 Å². The number of nitrogens with zero attached hydrogens (tertiary/aromatic N) is 2. The average molecular weight is 278 g/mol. The lowest BCUT2D eigenvalue weighted by Gasteiger charge is -2.33. The van der Waals surface area contributed by atoms with E-state index in [1.807, 2.05) is 0 Å². The fourth-order valence-electron chi connectivity index (χ4n) is 2.28. The fourth-order valence-corrected chi connectivity index (χ4v) is 2.28. The highest BCUT2D eigenvalue weighted by Gasteiger charge is 2.30. The highest BCUT2D eigenvalue weighted by Crippen LogP contribution is 2.20. The van der Waals surface area contributed by atoms with Crippen molar-refractivity contribution in [3.63, 3.8) is 0 Å². The zero-order valence-electron chi connectivity index (χ0n) is 11.0. The molecule has 7 heteroatoms. The summed E-state index contributed by atoms with van der Waals surface area (Å²) in [6.45, 7) is 1.38. The highest BCUT2D eigenvalue weighted by molar-refractivity contribution is 5.79. The summed E-state index contributed by atoms with van der Waals surface area (Å²) in [4.78, 5) is 25.9. The van der Waals surface area contributed by atoms with Gasteiger partial charge in [-0.25, -0.2) is 8.78 Å². The number of carbonyl (C=O) groups excluding carboxylic acids is 2. The third kappa shape index (κ3) is 4.74.